The van der Waals surface area contributed by atoms with Gasteiger partial charge in [-0.25, -0.2) is 0 Å². The zero-order valence-corrected chi connectivity index (χ0v) is 24.4. The Morgan fingerprint density at radius 2 is 1.27 bits per heavy atom. The number of carboxylic acids is 1. The smallest absolute Gasteiger partial charge is 0.306 e. The van der Waals surface area contributed by atoms with Crippen molar-refractivity contribution in [2.45, 2.75) is 167 Å². The number of aliphatic carboxylic acids is 1. The average Bonchev–Trinajstić information content (AvgIpc) is 2.90. The maximum absolute atomic E-state index is 12.0. The van der Waals surface area contributed by atoms with Crippen molar-refractivity contribution in [3.8, 4) is 5.75 Å². The number of phenolic OH excluding ortho intramolecular Hbond substituents is 1. The summed E-state index contributed by atoms with van der Waals surface area (Å²) in [6, 6.07) is 4.12. The molecule has 0 spiro atoms. The fourth-order valence-corrected chi connectivity index (χ4v) is 6.26. The second kappa shape index (κ2) is 19.5. The first-order chi connectivity index (χ1) is 18.0. The highest BCUT2D eigenvalue weighted by molar-refractivity contribution is 5.70. The van der Waals surface area contributed by atoms with Crippen LogP contribution >= 0.6 is 0 Å². The van der Waals surface area contributed by atoms with Gasteiger partial charge in [0.1, 0.15) is 5.75 Å². The second-order valence-electron chi connectivity index (χ2n) is 12.0. The first kappa shape index (κ1) is 31.7. The highest BCUT2D eigenvalue weighted by Gasteiger charge is 2.23. The number of phenols is 1. The molecule has 0 heterocycles. The van der Waals surface area contributed by atoms with E-state index in [1.54, 1.807) is 0 Å². The van der Waals surface area contributed by atoms with Crippen LogP contribution in [0.1, 0.15) is 171 Å². The van der Waals surface area contributed by atoms with Gasteiger partial charge in [-0.15, -0.1) is 0 Å². The standard InChI is InChI=1S/C34H58O3/c1-3-4-5-6-7-8-9-10-11-12-13-14-15-16-17-19-24-31(34(36)37)26-29-25-28(2)33(35)32(27-29)30-22-20-18-21-23-30/h25,27,30-31,35H,3-24,26H2,1-2H3,(H,36,37). The molecule has 212 valence electrons. The summed E-state index contributed by atoms with van der Waals surface area (Å²) in [5.74, 6) is -0.142. The fraction of sp³-hybridized carbons (Fsp3) is 0.794. The Labute approximate surface area is 228 Å². The summed E-state index contributed by atoms with van der Waals surface area (Å²) in [4.78, 5) is 12.0. The number of carboxylic acid groups (broad SMARTS) is 1. The van der Waals surface area contributed by atoms with Crippen molar-refractivity contribution in [1.29, 1.82) is 0 Å². The Hall–Kier alpha value is -1.51. The maximum Gasteiger partial charge on any atom is 0.306 e. The topological polar surface area (TPSA) is 57.5 Å². The van der Waals surface area contributed by atoms with E-state index in [2.05, 4.69) is 13.0 Å². The molecule has 1 aliphatic carbocycles. The highest BCUT2D eigenvalue weighted by atomic mass is 16.4. The van der Waals surface area contributed by atoms with E-state index in [4.69, 9.17) is 0 Å². The van der Waals surface area contributed by atoms with Crippen LogP contribution in [-0.2, 0) is 11.2 Å². The summed E-state index contributed by atoms with van der Waals surface area (Å²) in [6.45, 7) is 4.23. The third kappa shape index (κ3) is 13.2. The number of carbonyl (C=O) groups is 1. The molecule has 0 saturated heterocycles. The van der Waals surface area contributed by atoms with Gasteiger partial charge in [0.05, 0.1) is 5.92 Å². The Morgan fingerprint density at radius 1 is 0.784 bits per heavy atom. The first-order valence-electron chi connectivity index (χ1n) is 16.1. The predicted octanol–water partition coefficient (Wildman–Crippen LogP) is 10.6. The van der Waals surface area contributed by atoms with E-state index in [0.29, 0.717) is 18.1 Å². The fourth-order valence-electron chi connectivity index (χ4n) is 6.26. The van der Waals surface area contributed by atoms with Crippen LogP contribution in [0.3, 0.4) is 0 Å². The lowest BCUT2D eigenvalue weighted by atomic mass is 9.81. The molecule has 3 heteroatoms. The first-order valence-corrected chi connectivity index (χ1v) is 16.1. The number of unbranched alkanes of at least 4 members (excludes halogenated alkanes) is 15. The van der Waals surface area contributed by atoms with E-state index in [1.807, 2.05) is 13.0 Å². The van der Waals surface area contributed by atoms with Crippen LogP contribution in [0.15, 0.2) is 12.1 Å². The zero-order valence-electron chi connectivity index (χ0n) is 24.4. The molecule has 1 atom stereocenters. The molecular weight excluding hydrogens is 456 g/mol. The molecule has 3 nitrogen and oxygen atoms in total. The molecular formula is C34H58O3. The van der Waals surface area contributed by atoms with Crippen molar-refractivity contribution in [3.63, 3.8) is 0 Å². The molecule has 0 bridgehead atoms. The summed E-state index contributed by atoms with van der Waals surface area (Å²) in [6.07, 6.45) is 28.8. The molecule has 1 fully saturated rings. The summed E-state index contributed by atoms with van der Waals surface area (Å²) >= 11 is 0. The lowest BCUT2D eigenvalue weighted by molar-refractivity contribution is -0.142. The zero-order chi connectivity index (χ0) is 26.7. The van der Waals surface area contributed by atoms with Crippen LogP contribution in [0.5, 0.6) is 5.75 Å². The van der Waals surface area contributed by atoms with Crippen molar-refractivity contribution in [2.24, 2.45) is 5.92 Å². The van der Waals surface area contributed by atoms with Crippen molar-refractivity contribution >= 4 is 5.97 Å². The van der Waals surface area contributed by atoms with Crippen LogP contribution in [0.2, 0.25) is 0 Å². The van der Waals surface area contributed by atoms with Gasteiger partial charge in [0, 0.05) is 0 Å². The van der Waals surface area contributed by atoms with Crippen LogP contribution in [0.25, 0.3) is 0 Å². The summed E-state index contributed by atoms with van der Waals surface area (Å²) in [5.41, 5.74) is 3.03. The summed E-state index contributed by atoms with van der Waals surface area (Å²) in [7, 11) is 0. The van der Waals surface area contributed by atoms with Crippen LogP contribution in [-0.4, -0.2) is 16.2 Å². The average molecular weight is 515 g/mol. The Bertz CT molecular complexity index is 735. The molecule has 2 N–H and O–H groups in total. The molecule has 0 radical (unpaired) electrons. The minimum atomic E-state index is -0.675. The minimum Gasteiger partial charge on any atom is -0.507 e. The van der Waals surface area contributed by atoms with Gasteiger partial charge in [0.25, 0.3) is 0 Å². The lowest BCUT2D eigenvalue weighted by Crippen LogP contribution is -2.17. The monoisotopic (exact) mass is 514 g/mol. The van der Waals surface area contributed by atoms with Gasteiger partial charge in [-0.2, -0.15) is 0 Å². The van der Waals surface area contributed by atoms with Gasteiger partial charge >= 0.3 is 5.97 Å². The number of hydrogen-bond donors (Lipinski definition) is 2. The number of rotatable bonds is 21. The highest BCUT2D eigenvalue weighted by Crippen LogP contribution is 2.39. The Balaban J connectivity index is 1.57. The van der Waals surface area contributed by atoms with Gasteiger partial charge < -0.3 is 10.2 Å². The van der Waals surface area contributed by atoms with E-state index < -0.39 is 5.97 Å². The Kier molecular flexibility index (Phi) is 16.7. The molecule has 37 heavy (non-hydrogen) atoms. The number of aromatic hydroxyl groups is 1. The third-order valence-electron chi connectivity index (χ3n) is 8.67. The SMILES string of the molecule is CCCCCCCCCCCCCCCCCCC(Cc1cc(C)c(O)c(C2CCCCC2)c1)C(=O)O. The quantitative estimate of drug-likeness (QED) is 0.160. The van der Waals surface area contributed by atoms with Crippen molar-refractivity contribution in [2.75, 3.05) is 0 Å². The molecule has 1 aromatic carbocycles. The van der Waals surface area contributed by atoms with E-state index in [1.165, 1.54) is 109 Å². The molecule has 1 aromatic rings. The van der Waals surface area contributed by atoms with Crippen LogP contribution in [0, 0.1) is 12.8 Å². The van der Waals surface area contributed by atoms with Gasteiger partial charge in [0.2, 0.25) is 0 Å². The Morgan fingerprint density at radius 3 is 1.76 bits per heavy atom. The van der Waals surface area contributed by atoms with E-state index >= 15 is 0 Å². The summed E-state index contributed by atoms with van der Waals surface area (Å²) < 4.78 is 0. The molecule has 0 aromatic heterocycles. The van der Waals surface area contributed by atoms with Crippen molar-refractivity contribution in [1.82, 2.24) is 0 Å². The van der Waals surface area contributed by atoms with Crippen molar-refractivity contribution in [3.05, 3.63) is 28.8 Å². The predicted molar refractivity (Wildman–Crippen MR) is 158 cm³/mol. The largest absolute Gasteiger partial charge is 0.507 e. The van der Waals surface area contributed by atoms with Crippen LogP contribution < -0.4 is 0 Å². The van der Waals surface area contributed by atoms with E-state index in [-0.39, 0.29) is 5.92 Å². The molecule has 0 amide bonds. The third-order valence-corrected chi connectivity index (χ3v) is 8.67. The minimum absolute atomic E-state index is 0.324. The summed E-state index contributed by atoms with van der Waals surface area (Å²) in [5, 5.41) is 20.5. The molecule has 1 unspecified atom stereocenters. The number of hydrogen-bond acceptors (Lipinski definition) is 2. The number of aryl methyl sites for hydroxylation is 1. The van der Waals surface area contributed by atoms with Crippen molar-refractivity contribution < 1.29 is 15.0 Å². The molecule has 1 saturated carbocycles. The maximum atomic E-state index is 12.0. The van der Waals surface area contributed by atoms with Crippen LogP contribution in [0.4, 0.5) is 0 Å². The van der Waals surface area contributed by atoms with Gasteiger partial charge in [0.15, 0.2) is 0 Å². The molecule has 1 aliphatic rings. The normalized spacial score (nSPS) is 15.2. The van der Waals surface area contributed by atoms with Gasteiger partial charge in [-0.3, -0.25) is 4.79 Å². The number of benzene rings is 1. The second-order valence-corrected chi connectivity index (χ2v) is 12.0. The van der Waals surface area contributed by atoms with E-state index in [0.717, 1.165) is 48.8 Å². The van der Waals surface area contributed by atoms with E-state index in [9.17, 15) is 15.0 Å². The van der Waals surface area contributed by atoms with Gasteiger partial charge in [-0.05, 0) is 55.2 Å². The molecule has 0 aliphatic heterocycles. The van der Waals surface area contributed by atoms with Gasteiger partial charge in [-0.1, -0.05) is 141 Å². The lowest BCUT2D eigenvalue weighted by Gasteiger charge is -2.24. The molecule has 2 rings (SSSR count).